The standard InChI is InChI=1S/C22H27NO3/c1-17-9-8-14-20(15-21(24)19-12-6-3-7-13-19)23(17)22(25)26-16-18-10-4-2-5-11-18/h2-7,10-13,17,20-21,24H,8-9,14-16H2,1H3. The lowest BCUT2D eigenvalue weighted by Gasteiger charge is -2.40. The molecule has 26 heavy (non-hydrogen) atoms. The normalized spacial score (nSPS) is 21.2. The average Bonchev–Trinajstić information content (AvgIpc) is 2.68. The van der Waals surface area contributed by atoms with Crippen LogP contribution >= 0.6 is 0 Å². The number of ether oxygens (including phenoxy) is 1. The third-order valence-electron chi connectivity index (χ3n) is 5.12. The SMILES string of the molecule is CC1CCCC(CC(O)c2ccccc2)N1C(=O)OCc1ccccc1. The van der Waals surface area contributed by atoms with Crippen molar-refractivity contribution in [3.05, 3.63) is 71.8 Å². The number of aliphatic hydroxyl groups is 1. The van der Waals surface area contributed by atoms with Crippen molar-refractivity contribution >= 4 is 6.09 Å². The summed E-state index contributed by atoms with van der Waals surface area (Å²) < 4.78 is 5.56. The summed E-state index contributed by atoms with van der Waals surface area (Å²) in [5.74, 6) is 0. The molecule has 0 aromatic heterocycles. The first-order valence-electron chi connectivity index (χ1n) is 9.37. The molecule has 0 aliphatic carbocycles. The Morgan fingerprint density at radius 1 is 1.12 bits per heavy atom. The van der Waals surface area contributed by atoms with Crippen molar-refractivity contribution in [3.8, 4) is 0 Å². The number of hydrogen-bond donors (Lipinski definition) is 1. The molecule has 3 rings (SSSR count). The fourth-order valence-electron chi connectivity index (χ4n) is 3.71. The molecule has 1 aliphatic rings. The molecule has 1 fully saturated rings. The summed E-state index contributed by atoms with van der Waals surface area (Å²) in [6, 6.07) is 19.5. The van der Waals surface area contributed by atoms with Crippen LogP contribution in [0.1, 0.15) is 49.8 Å². The van der Waals surface area contributed by atoms with Gasteiger partial charge in [-0.15, -0.1) is 0 Å². The van der Waals surface area contributed by atoms with Crippen molar-refractivity contribution in [1.82, 2.24) is 4.90 Å². The van der Waals surface area contributed by atoms with Gasteiger partial charge in [0.25, 0.3) is 0 Å². The van der Waals surface area contributed by atoms with Crippen molar-refractivity contribution < 1.29 is 14.6 Å². The number of hydrogen-bond acceptors (Lipinski definition) is 3. The molecule has 0 bridgehead atoms. The summed E-state index contributed by atoms with van der Waals surface area (Å²) in [4.78, 5) is 14.6. The molecular formula is C22H27NO3. The highest BCUT2D eigenvalue weighted by Gasteiger charge is 2.34. The molecular weight excluding hydrogens is 326 g/mol. The average molecular weight is 353 g/mol. The smallest absolute Gasteiger partial charge is 0.410 e. The van der Waals surface area contributed by atoms with Gasteiger partial charge in [0.1, 0.15) is 6.61 Å². The Morgan fingerprint density at radius 2 is 1.77 bits per heavy atom. The first kappa shape index (κ1) is 18.5. The van der Waals surface area contributed by atoms with E-state index in [2.05, 4.69) is 6.92 Å². The Labute approximate surface area is 155 Å². The van der Waals surface area contributed by atoms with Crippen LogP contribution < -0.4 is 0 Å². The molecule has 138 valence electrons. The second-order valence-corrected chi connectivity index (χ2v) is 7.04. The fraction of sp³-hybridized carbons (Fsp3) is 0.409. The van der Waals surface area contributed by atoms with Crippen LogP contribution in [-0.2, 0) is 11.3 Å². The zero-order valence-electron chi connectivity index (χ0n) is 15.3. The molecule has 2 aromatic carbocycles. The maximum Gasteiger partial charge on any atom is 0.410 e. The van der Waals surface area contributed by atoms with Crippen LogP contribution in [-0.4, -0.2) is 28.2 Å². The van der Waals surface area contributed by atoms with E-state index in [1.165, 1.54) is 0 Å². The Kier molecular flexibility index (Phi) is 6.29. The van der Waals surface area contributed by atoms with Gasteiger partial charge in [-0.05, 0) is 43.7 Å². The van der Waals surface area contributed by atoms with E-state index in [0.717, 1.165) is 30.4 Å². The second kappa shape index (κ2) is 8.86. The Morgan fingerprint density at radius 3 is 2.46 bits per heavy atom. The highest BCUT2D eigenvalue weighted by molar-refractivity contribution is 5.68. The van der Waals surface area contributed by atoms with E-state index in [4.69, 9.17) is 4.74 Å². The first-order chi connectivity index (χ1) is 12.6. The van der Waals surface area contributed by atoms with Gasteiger partial charge >= 0.3 is 6.09 Å². The van der Waals surface area contributed by atoms with Crippen LogP contribution in [0.5, 0.6) is 0 Å². The molecule has 1 heterocycles. The number of aliphatic hydroxyl groups excluding tert-OH is 1. The van der Waals surface area contributed by atoms with E-state index in [0.29, 0.717) is 6.42 Å². The molecule has 1 aliphatic heterocycles. The van der Waals surface area contributed by atoms with Gasteiger partial charge in [0, 0.05) is 12.1 Å². The summed E-state index contributed by atoms with van der Waals surface area (Å²) >= 11 is 0. The van der Waals surface area contributed by atoms with Gasteiger partial charge in [-0.25, -0.2) is 4.79 Å². The van der Waals surface area contributed by atoms with E-state index in [1.807, 2.05) is 65.6 Å². The van der Waals surface area contributed by atoms with Crippen molar-refractivity contribution in [1.29, 1.82) is 0 Å². The Bertz CT molecular complexity index is 689. The lowest BCUT2D eigenvalue weighted by Crippen LogP contribution is -2.49. The van der Waals surface area contributed by atoms with Gasteiger partial charge in [0.15, 0.2) is 0 Å². The first-order valence-corrected chi connectivity index (χ1v) is 9.37. The Hall–Kier alpha value is -2.33. The number of rotatable bonds is 5. The molecule has 0 spiro atoms. The summed E-state index contributed by atoms with van der Waals surface area (Å²) in [6.07, 6.45) is 2.61. The minimum atomic E-state index is -0.573. The predicted octanol–water partition coefficient (Wildman–Crippen LogP) is 4.69. The number of amides is 1. The van der Waals surface area contributed by atoms with Crippen LogP contribution in [0.4, 0.5) is 4.79 Å². The van der Waals surface area contributed by atoms with E-state index in [9.17, 15) is 9.90 Å². The molecule has 0 radical (unpaired) electrons. The van der Waals surface area contributed by atoms with Crippen molar-refractivity contribution in [2.75, 3.05) is 0 Å². The number of carbonyl (C=O) groups excluding carboxylic acids is 1. The summed E-state index contributed by atoms with van der Waals surface area (Å²) in [7, 11) is 0. The van der Waals surface area contributed by atoms with Gasteiger partial charge in [-0.1, -0.05) is 60.7 Å². The van der Waals surface area contributed by atoms with E-state index in [-0.39, 0.29) is 24.8 Å². The minimum absolute atomic E-state index is 0.00257. The highest BCUT2D eigenvalue weighted by Crippen LogP contribution is 2.30. The summed E-state index contributed by atoms with van der Waals surface area (Å²) in [6.45, 7) is 2.34. The molecule has 0 saturated carbocycles. The molecule has 3 unspecified atom stereocenters. The molecule has 2 aromatic rings. The van der Waals surface area contributed by atoms with Gasteiger partial charge in [0.2, 0.25) is 0 Å². The molecule has 1 amide bonds. The zero-order chi connectivity index (χ0) is 18.4. The van der Waals surface area contributed by atoms with Crippen LogP contribution in [0.25, 0.3) is 0 Å². The molecule has 4 heteroatoms. The molecule has 3 atom stereocenters. The van der Waals surface area contributed by atoms with Crippen molar-refractivity contribution in [3.63, 3.8) is 0 Å². The predicted molar refractivity (Wildman–Crippen MR) is 102 cm³/mol. The molecule has 4 nitrogen and oxygen atoms in total. The number of benzene rings is 2. The molecule has 1 N–H and O–H groups in total. The third kappa shape index (κ3) is 4.64. The van der Waals surface area contributed by atoms with Gasteiger partial charge in [-0.2, -0.15) is 0 Å². The van der Waals surface area contributed by atoms with Crippen LogP contribution in [0.2, 0.25) is 0 Å². The lowest BCUT2D eigenvalue weighted by molar-refractivity contribution is 0.0273. The van der Waals surface area contributed by atoms with Crippen molar-refractivity contribution in [2.24, 2.45) is 0 Å². The van der Waals surface area contributed by atoms with Crippen LogP contribution in [0, 0.1) is 0 Å². The number of piperidine rings is 1. The van der Waals surface area contributed by atoms with E-state index >= 15 is 0 Å². The quantitative estimate of drug-likeness (QED) is 0.848. The highest BCUT2D eigenvalue weighted by atomic mass is 16.6. The third-order valence-corrected chi connectivity index (χ3v) is 5.12. The summed E-state index contributed by atoms with van der Waals surface area (Å²) in [5, 5.41) is 10.6. The number of nitrogens with zero attached hydrogens (tertiary/aromatic N) is 1. The number of carbonyl (C=O) groups is 1. The van der Waals surface area contributed by atoms with Gasteiger partial charge in [0.05, 0.1) is 6.10 Å². The number of likely N-dealkylation sites (tertiary alicyclic amines) is 1. The minimum Gasteiger partial charge on any atom is -0.445 e. The lowest BCUT2D eigenvalue weighted by atomic mass is 9.91. The van der Waals surface area contributed by atoms with E-state index < -0.39 is 6.10 Å². The van der Waals surface area contributed by atoms with Gasteiger partial charge in [-0.3, -0.25) is 0 Å². The summed E-state index contributed by atoms with van der Waals surface area (Å²) in [5.41, 5.74) is 1.87. The van der Waals surface area contributed by atoms with E-state index in [1.54, 1.807) is 0 Å². The van der Waals surface area contributed by atoms with Crippen LogP contribution in [0.15, 0.2) is 60.7 Å². The van der Waals surface area contributed by atoms with Crippen LogP contribution in [0.3, 0.4) is 0 Å². The monoisotopic (exact) mass is 353 g/mol. The maximum absolute atomic E-state index is 12.7. The largest absolute Gasteiger partial charge is 0.445 e. The Balaban J connectivity index is 1.64. The van der Waals surface area contributed by atoms with Crippen molar-refractivity contribution in [2.45, 2.75) is 57.4 Å². The topological polar surface area (TPSA) is 49.8 Å². The molecule has 1 saturated heterocycles. The second-order valence-electron chi connectivity index (χ2n) is 7.04. The van der Waals surface area contributed by atoms with Gasteiger partial charge < -0.3 is 14.7 Å². The fourth-order valence-corrected chi connectivity index (χ4v) is 3.71. The maximum atomic E-state index is 12.7. The zero-order valence-corrected chi connectivity index (χ0v) is 15.3.